The molecule has 0 bridgehead atoms. The molecule has 2 N–H and O–H groups in total. The van der Waals surface area contributed by atoms with Crippen LogP contribution in [0.1, 0.15) is 10.5 Å². The molecular formula is C10H9N3O3. The zero-order chi connectivity index (χ0) is 11.5. The first-order chi connectivity index (χ1) is 7.70. The average molecular weight is 219 g/mol. The van der Waals surface area contributed by atoms with Crippen LogP contribution in [0.15, 0.2) is 29.0 Å². The maximum Gasteiger partial charge on any atom is 0.357 e. The number of aromatic nitrogens is 2. The highest BCUT2D eigenvalue weighted by molar-refractivity contribution is 5.85. The lowest BCUT2D eigenvalue weighted by molar-refractivity contribution is 0.0690. The van der Waals surface area contributed by atoms with Gasteiger partial charge < -0.3 is 14.8 Å². The summed E-state index contributed by atoms with van der Waals surface area (Å²) in [6, 6.07) is 3.41. The number of nitrogens with one attached hydrogen (secondary N) is 1. The van der Waals surface area contributed by atoms with Crippen molar-refractivity contribution in [1.82, 2.24) is 9.97 Å². The third kappa shape index (κ3) is 1.85. The summed E-state index contributed by atoms with van der Waals surface area (Å²) < 4.78 is 5.06. The highest BCUT2D eigenvalue weighted by Crippen LogP contribution is 2.20. The summed E-state index contributed by atoms with van der Waals surface area (Å²) >= 11 is 0. The molecule has 2 rings (SSSR count). The van der Waals surface area contributed by atoms with Crippen molar-refractivity contribution in [1.29, 1.82) is 0 Å². The molecule has 0 aromatic carbocycles. The summed E-state index contributed by atoms with van der Waals surface area (Å²) in [5.41, 5.74) is 0.560. The van der Waals surface area contributed by atoms with Crippen LogP contribution in [0, 0.1) is 0 Å². The van der Waals surface area contributed by atoms with Gasteiger partial charge in [0.25, 0.3) is 0 Å². The number of oxazole rings is 1. The van der Waals surface area contributed by atoms with Crippen LogP contribution >= 0.6 is 0 Å². The van der Waals surface area contributed by atoms with Gasteiger partial charge in [-0.25, -0.2) is 14.8 Å². The molecule has 0 spiro atoms. The van der Waals surface area contributed by atoms with E-state index < -0.39 is 5.97 Å². The lowest BCUT2D eigenvalue weighted by Gasteiger charge is -1.99. The van der Waals surface area contributed by atoms with E-state index in [0.29, 0.717) is 11.4 Å². The molecule has 0 aliphatic rings. The Labute approximate surface area is 91.0 Å². The van der Waals surface area contributed by atoms with Crippen molar-refractivity contribution < 1.29 is 14.3 Å². The van der Waals surface area contributed by atoms with Crippen LogP contribution in [-0.4, -0.2) is 28.1 Å². The maximum absolute atomic E-state index is 10.6. The Kier molecular flexibility index (Phi) is 2.55. The fraction of sp³-hybridized carbons (Fsp3) is 0.100. The number of rotatable bonds is 3. The maximum atomic E-state index is 10.6. The minimum Gasteiger partial charge on any atom is -0.476 e. The van der Waals surface area contributed by atoms with E-state index in [4.69, 9.17) is 9.52 Å². The monoisotopic (exact) mass is 219 g/mol. The first-order valence-electron chi connectivity index (χ1n) is 4.53. The van der Waals surface area contributed by atoms with Crippen molar-refractivity contribution in [2.45, 2.75) is 0 Å². The molecular weight excluding hydrogens is 210 g/mol. The van der Waals surface area contributed by atoms with E-state index in [-0.39, 0.29) is 11.6 Å². The molecule has 0 aliphatic carbocycles. The van der Waals surface area contributed by atoms with Crippen molar-refractivity contribution in [3.8, 4) is 11.5 Å². The van der Waals surface area contributed by atoms with Crippen molar-refractivity contribution in [3.05, 3.63) is 30.3 Å². The van der Waals surface area contributed by atoms with Crippen LogP contribution in [0.3, 0.4) is 0 Å². The van der Waals surface area contributed by atoms with Gasteiger partial charge in [0.05, 0.1) is 0 Å². The van der Waals surface area contributed by atoms with E-state index in [1.807, 2.05) is 0 Å². The number of carboxylic acid groups (broad SMARTS) is 1. The van der Waals surface area contributed by atoms with Crippen molar-refractivity contribution in [2.75, 3.05) is 12.4 Å². The molecule has 0 fully saturated rings. The molecule has 0 amide bonds. The molecule has 0 saturated carbocycles. The van der Waals surface area contributed by atoms with E-state index >= 15 is 0 Å². The third-order valence-corrected chi connectivity index (χ3v) is 1.99. The standard InChI is InChI=1S/C10H9N3O3/c1-11-8-4-6(2-3-12-8)9-13-7(5-16-9)10(14)15/h2-5H,1H3,(H,11,12)(H,14,15). The van der Waals surface area contributed by atoms with Gasteiger partial charge in [0.2, 0.25) is 5.89 Å². The van der Waals surface area contributed by atoms with Gasteiger partial charge in [0.15, 0.2) is 5.69 Å². The minimum absolute atomic E-state index is 0.113. The normalized spacial score (nSPS) is 10.1. The lowest BCUT2D eigenvalue weighted by atomic mass is 10.2. The number of aromatic carboxylic acids is 1. The van der Waals surface area contributed by atoms with Gasteiger partial charge in [-0.3, -0.25) is 0 Å². The quantitative estimate of drug-likeness (QED) is 0.812. The molecule has 0 saturated heterocycles. The fourth-order valence-electron chi connectivity index (χ4n) is 1.20. The van der Waals surface area contributed by atoms with Crippen LogP contribution in [0.2, 0.25) is 0 Å². The largest absolute Gasteiger partial charge is 0.476 e. The van der Waals surface area contributed by atoms with Crippen molar-refractivity contribution >= 4 is 11.8 Å². The first kappa shape index (κ1) is 10.2. The zero-order valence-corrected chi connectivity index (χ0v) is 8.47. The lowest BCUT2D eigenvalue weighted by Crippen LogP contribution is -1.96. The Balaban J connectivity index is 2.38. The van der Waals surface area contributed by atoms with Crippen molar-refractivity contribution in [3.63, 3.8) is 0 Å². The van der Waals surface area contributed by atoms with Gasteiger partial charge in [0, 0.05) is 18.8 Å². The van der Waals surface area contributed by atoms with E-state index in [0.717, 1.165) is 6.26 Å². The Morgan fingerprint density at radius 2 is 2.38 bits per heavy atom. The fourth-order valence-corrected chi connectivity index (χ4v) is 1.20. The number of hydrogen-bond acceptors (Lipinski definition) is 5. The highest BCUT2D eigenvalue weighted by Gasteiger charge is 2.12. The topological polar surface area (TPSA) is 88.2 Å². The Hall–Kier alpha value is -2.37. The summed E-state index contributed by atoms with van der Waals surface area (Å²) in [7, 11) is 1.74. The van der Waals surface area contributed by atoms with E-state index in [1.165, 1.54) is 0 Å². The van der Waals surface area contributed by atoms with Gasteiger partial charge in [-0.15, -0.1) is 0 Å². The molecule has 16 heavy (non-hydrogen) atoms. The highest BCUT2D eigenvalue weighted by atomic mass is 16.4. The summed E-state index contributed by atoms with van der Waals surface area (Å²) in [5.74, 6) is -0.193. The molecule has 2 aromatic rings. The molecule has 6 nitrogen and oxygen atoms in total. The second-order valence-corrected chi connectivity index (χ2v) is 3.02. The number of pyridine rings is 1. The second kappa shape index (κ2) is 4.01. The number of anilines is 1. The average Bonchev–Trinajstić information content (AvgIpc) is 2.78. The summed E-state index contributed by atoms with van der Waals surface area (Å²) in [5, 5.41) is 11.6. The van der Waals surface area contributed by atoms with Crippen LogP contribution in [0.25, 0.3) is 11.5 Å². The molecule has 2 aromatic heterocycles. The predicted octanol–water partition coefficient (Wildman–Crippen LogP) is 1.48. The van der Waals surface area contributed by atoms with Crippen LogP contribution in [0.4, 0.5) is 5.82 Å². The molecule has 6 heteroatoms. The third-order valence-electron chi connectivity index (χ3n) is 1.99. The molecule has 0 aliphatic heterocycles. The Morgan fingerprint density at radius 3 is 3.00 bits per heavy atom. The van der Waals surface area contributed by atoms with Gasteiger partial charge in [-0.05, 0) is 12.1 Å². The van der Waals surface area contributed by atoms with E-state index in [9.17, 15) is 4.79 Å². The number of nitrogens with zero attached hydrogens (tertiary/aromatic N) is 2. The van der Waals surface area contributed by atoms with Gasteiger partial charge in [-0.2, -0.15) is 0 Å². The predicted molar refractivity (Wildman–Crippen MR) is 56.2 cm³/mol. The number of carboxylic acids is 1. The number of hydrogen-bond donors (Lipinski definition) is 2. The molecule has 0 atom stereocenters. The van der Waals surface area contributed by atoms with Gasteiger partial charge >= 0.3 is 5.97 Å². The Morgan fingerprint density at radius 1 is 1.56 bits per heavy atom. The zero-order valence-electron chi connectivity index (χ0n) is 8.47. The van der Waals surface area contributed by atoms with Crippen LogP contribution in [-0.2, 0) is 0 Å². The molecule has 0 radical (unpaired) electrons. The van der Waals surface area contributed by atoms with Gasteiger partial charge in [-0.1, -0.05) is 0 Å². The molecule has 2 heterocycles. The van der Waals surface area contributed by atoms with Crippen LogP contribution in [0.5, 0.6) is 0 Å². The van der Waals surface area contributed by atoms with Crippen molar-refractivity contribution in [2.24, 2.45) is 0 Å². The van der Waals surface area contributed by atoms with Gasteiger partial charge in [0.1, 0.15) is 12.1 Å². The smallest absolute Gasteiger partial charge is 0.357 e. The Bertz CT molecular complexity index is 522. The molecule has 0 unspecified atom stereocenters. The summed E-state index contributed by atoms with van der Waals surface area (Å²) in [4.78, 5) is 18.5. The SMILES string of the molecule is CNc1cc(-c2nc(C(=O)O)co2)ccn1. The van der Waals surface area contributed by atoms with E-state index in [2.05, 4.69) is 15.3 Å². The number of carbonyl (C=O) groups is 1. The summed E-state index contributed by atoms with van der Waals surface area (Å²) in [6.07, 6.45) is 2.70. The van der Waals surface area contributed by atoms with E-state index in [1.54, 1.807) is 25.4 Å². The molecule has 82 valence electrons. The van der Waals surface area contributed by atoms with Crippen LogP contribution < -0.4 is 5.32 Å². The second-order valence-electron chi connectivity index (χ2n) is 3.02. The first-order valence-corrected chi connectivity index (χ1v) is 4.53. The summed E-state index contributed by atoms with van der Waals surface area (Å²) in [6.45, 7) is 0. The minimum atomic E-state index is -1.11.